The molecule has 0 heterocycles. The van der Waals surface area contributed by atoms with E-state index in [0.29, 0.717) is 19.3 Å². The summed E-state index contributed by atoms with van der Waals surface area (Å²) in [7, 11) is 0. The number of carbonyl (C=O) groups excluding carboxylic acids is 3. The minimum Gasteiger partial charge on any atom is -0.462 e. The van der Waals surface area contributed by atoms with Crippen LogP contribution >= 0.6 is 0 Å². The third-order valence-corrected chi connectivity index (χ3v) is 12.7. The lowest BCUT2D eigenvalue weighted by Crippen LogP contribution is -2.30. The second-order valence-corrected chi connectivity index (χ2v) is 20.2. The molecular formula is C56H108O6. The Kier molecular flexibility index (Phi) is 47.6. The zero-order valence-electron chi connectivity index (χ0n) is 42.5. The van der Waals surface area contributed by atoms with Crippen molar-refractivity contribution in [2.75, 3.05) is 13.2 Å². The van der Waals surface area contributed by atoms with Crippen LogP contribution in [0, 0.1) is 11.8 Å². The average molecular weight is 877 g/mol. The van der Waals surface area contributed by atoms with E-state index >= 15 is 0 Å². The number of esters is 3. The van der Waals surface area contributed by atoms with Crippen LogP contribution in [-0.4, -0.2) is 37.2 Å². The van der Waals surface area contributed by atoms with Gasteiger partial charge in [-0.3, -0.25) is 14.4 Å². The Balaban J connectivity index is 4.25. The highest BCUT2D eigenvalue weighted by atomic mass is 16.6. The van der Waals surface area contributed by atoms with Crippen LogP contribution in [0.2, 0.25) is 0 Å². The van der Waals surface area contributed by atoms with E-state index in [1.165, 1.54) is 199 Å². The van der Waals surface area contributed by atoms with E-state index in [-0.39, 0.29) is 31.1 Å². The molecule has 0 amide bonds. The van der Waals surface area contributed by atoms with Crippen molar-refractivity contribution in [2.45, 2.75) is 317 Å². The van der Waals surface area contributed by atoms with Crippen molar-refractivity contribution in [3.05, 3.63) is 0 Å². The molecule has 6 nitrogen and oxygen atoms in total. The van der Waals surface area contributed by atoms with Gasteiger partial charge >= 0.3 is 17.9 Å². The Bertz CT molecular complexity index is 947. The molecule has 0 aliphatic rings. The van der Waals surface area contributed by atoms with Crippen LogP contribution in [0.25, 0.3) is 0 Å². The maximum Gasteiger partial charge on any atom is 0.306 e. The van der Waals surface area contributed by atoms with Gasteiger partial charge in [0.25, 0.3) is 0 Å². The predicted octanol–water partition coefficient (Wildman–Crippen LogP) is 18.1. The van der Waals surface area contributed by atoms with Crippen molar-refractivity contribution in [3.63, 3.8) is 0 Å². The summed E-state index contributed by atoms with van der Waals surface area (Å²) in [6.45, 7) is 11.4. The first-order chi connectivity index (χ1) is 30.2. The summed E-state index contributed by atoms with van der Waals surface area (Å²) in [6, 6.07) is 0. The minimum atomic E-state index is -0.762. The van der Waals surface area contributed by atoms with Crippen LogP contribution in [0.4, 0.5) is 0 Å². The molecule has 368 valence electrons. The monoisotopic (exact) mass is 877 g/mol. The maximum atomic E-state index is 12.8. The number of unbranched alkanes of at least 4 members (excludes halogenated alkanes) is 35. The Morgan fingerprint density at radius 1 is 0.306 bits per heavy atom. The van der Waals surface area contributed by atoms with Gasteiger partial charge in [-0.15, -0.1) is 0 Å². The molecule has 0 N–H and O–H groups in total. The SMILES string of the molecule is CCCCCCCCCCCCCC(=O)OC[C@@H](COC(=O)CCCCCCCCCCCCCCCCCCC(C)C)OC(=O)CCCCCCCCCCCCCC(C)C. The van der Waals surface area contributed by atoms with Crippen molar-refractivity contribution in [1.29, 1.82) is 0 Å². The molecule has 0 aromatic heterocycles. The van der Waals surface area contributed by atoms with Crippen LogP contribution in [0.5, 0.6) is 0 Å². The lowest BCUT2D eigenvalue weighted by Gasteiger charge is -2.18. The van der Waals surface area contributed by atoms with Crippen LogP contribution in [0.15, 0.2) is 0 Å². The van der Waals surface area contributed by atoms with Gasteiger partial charge in [0.15, 0.2) is 6.10 Å². The molecule has 0 unspecified atom stereocenters. The molecule has 0 spiro atoms. The lowest BCUT2D eigenvalue weighted by molar-refractivity contribution is -0.167. The fourth-order valence-electron chi connectivity index (χ4n) is 8.52. The largest absolute Gasteiger partial charge is 0.462 e. The second-order valence-electron chi connectivity index (χ2n) is 20.2. The first-order valence-electron chi connectivity index (χ1n) is 27.7. The van der Waals surface area contributed by atoms with Crippen molar-refractivity contribution in [1.82, 2.24) is 0 Å². The summed E-state index contributed by atoms with van der Waals surface area (Å²) in [5, 5.41) is 0. The summed E-state index contributed by atoms with van der Waals surface area (Å²) < 4.78 is 16.8. The zero-order valence-corrected chi connectivity index (χ0v) is 42.5. The fraction of sp³-hybridized carbons (Fsp3) is 0.946. The summed E-state index contributed by atoms with van der Waals surface area (Å²) in [4.78, 5) is 38.0. The number of hydrogen-bond donors (Lipinski definition) is 0. The molecule has 0 aliphatic carbocycles. The van der Waals surface area contributed by atoms with E-state index in [0.717, 1.165) is 69.6 Å². The van der Waals surface area contributed by atoms with Crippen LogP contribution in [-0.2, 0) is 28.6 Å². The van der Waals surface area contributed by atoms with Gasteiger partial charge < -0.3 is 14.2 Å². The number of carbonyl (C=O) groups is 3. The molecule has 0 saturated heterocycles. The Hall–Kier alpha value is -1.59. The van der Waals surface area contributed by atoms with E-state index < -0.39 is 6.10 Å². The van der Waals surface area contributed by atoms with Crippen molar-refractivity contribution in [3.8, 4) is 0 Å². The van der Waals surface area contributed by atoms with Gasteiger partial charge in [-0.25, -0.2) is 0 Å². The summed E-state index contributed by atoms with van der Waals surface area (Å²) in [5.41, 5.74) is 0. The topological polar surface area (TPSA) is 78.9 Å². The molecule has 0 aromatic rings. The fourth-order valence-corrected chi connectivity index (χ4v) is 8.52. The van der Waals surface area contributed by atoms with Gasteiger partial charge in [-0.1, -0.05) is 272 Å². The summed E-state index contributed by atoms with van der Waals surface area (Å²) in [6.07, 6.45) is 50.9. The number of rotatable bonds is 50. The number of ether oxygens (including phenoxy) is 3. The summed E-state index contributed by atoms with van der Waals surface area (Å²) >= 11 is 0. The van der Waals surface area contributed by atoms with Gasteiger partial charge in [0.2, 0.25) is 0 Å². The first kappa shape index (κ1) is 60.4. The van der Waals surface area contributed by atoms with Gasteiger partial charge in [0.05, 0.1) is 0 Å². The van der Waals surface area contributed by atoms with Gasteiger partial charge in [0, 0.05) is 19.3 Å². The molecule has 0 bridgehead atoms. The third-order valence-electron chi connectivity index (χ3n) is 12.7. The highest BCUT2D eigenvalue weighted by Crippen LogP contribution is 2.18. The zero-order chi connectivity index (χ0) is 45.4. The average Bonchev–Trinajstić information content (AvgIpc) is 3.24. The Morgan fingerprint density at radius 2 is 0.532 bits per heavy atom. The molecule has 0 saturated carbocycles. The molecule has 1 atom stereocenters. The minimum absolute atomic E-state index is 0.0630. The molecule has 62 heavy (non-hydrogen) atoms. The quantitative estimate of drug-likeness (QED) is 0.0344. The van der Waals surface area contributed by atoms with E-state index in [4.69, 9.17) is 14.2 Å². The highest BCUT2D eigenvalue weighted by Gasteiger charge is 2.19. The standard InChI is InChI=1S/C56H108O6/c1-6-7-8-9-10-11-19-26-31-36-41-46-54(57)60-49-53(62-56(59)48-43-38-33-28-23-18-21-25-30-35-40-45-52(4)5)50-61-55(58)47-42-37-32-27-22-17-15-13-12-14-16-20-24-29-34-39-44-51(2)3/h51-53H,6-50H2,1-5H3/t53-/m0/s1. The van der Waals surface area contributed by atoms with Crippen molar-refractivity contribution < 1.29 is 28.6 Å². The lowest BCUT2D eigenvalue weighted by atomic mass is 10.0. The van der Waals surface area contributed by atoms with Crippen molar-refractivity contribution >= 4 is 17.9 Å². The predicted molar refractivity (Wildman–Crippen MR) is 266 cm³/mol. The van der Waals surface area contributed by atoms with E-state index in [9.17, 15) is 14.4 Å². The number of hydrogen-bond acceptors (Lipinski definition) is 6. The van der Waals surface area contributed by atoms with Crippen LogP contribution in [0.3, 0.4) is 0 Å². The smallest absolute Gasteiger partial charge is 0.306 e. The summed E-state index contributed by atoms with van der Waals surface area (Å²) in [5.74, 6) is 0.834. The first-order valence-corrected chi connectivity index (χ1v) is 27.7. The maximum absolute atomic E-state index is 12.8. The van der Waals surface area contributed by atoms with Crippen LogP contribution in [0.1, 0.15) is 311 Å². The second kappa shape index (κ2) is 48.9. The normalized spacial score (nSPS) is 12.0. The van der Waals surface area contributed by atoms with Gasteiger partial charge in [-0.05, 0) is 31.1 Å². The molecule has 6 heteroatoms. The molecule has 0 aromatic carbocycles. The highest BCUT2D eigenvalue weighted by molar-refractivity contribution is 5.71. The van der Waals surface area contributed by atoms with E-state index in [2.05, 4.69) is 34.6 Å². The van der Waals surface area contributed by atoms with E-state index in [1.54, 1.807) is 0 Å². The molecular weight excluding hydrogens is 769 g/mol. The van der Waals surface area contributed by atoms with E-state index in [1.807, 2.05) is 0 Å². The molecule has 0 rings (SSSR count). The van der Waals surface area contributed by atoms with Crippen LogP contribution < -0.4 is 0 Å². The van der Waals surface area contributed by atoms with Gasteiger partial charge in [-0.2, -0.15) is 0 Å². The molecule has 0 aliphatic heterocycles. The molecule has 0 radical (unpaired) electrons. The van der Waals surface area contributed by atoms with Gasteiger partial charge in [0.1, 0.15) is 13.2 Å². The van der Waals surface area contributed by atoms with Crippen molar-refractivity contribution in [2.24, 2.45) is 11.8 Å². The Labute approximate surface area is 387 Å². The molecule has 0 fully saturated rings. The third kappa shape index (κ3) is 49.4. The Morgan fingerprint density at radius 3 is 0.790 bits per heavy atom.